The number of pyridine rings is 1. The highest BCUT2D eigenvalue weighted by Crippen LogP contribution is 2.41. The average molecular weight is 461 g/mol. The van der Waals surface area contributed by atoms with Crippen LogP contribution in [0, 0.1) is 11.6 Å². The number of aromatic hydroxyl groups is 1. The highest BCUT2D eigenvalue weighted by atomic mass is 19.1. The van der Waals surface area contributed by atoms with Crippen LogP contribution in [0.15, 0.2) is 16.9 Å². The summed E-state index contributed by atoms with van der Waals surface area (Å²) in [5.41, 5.74) is -1.18. The van der Waals surface area contributed by atoms with Crippen LogP contribution in [-0.4, -0.2) is 52.9 Å². The van der Waals surface area contributed by atoms with Crippen molar-refractivity contribution in [3.8, 4) is 11.5 Å². The molecule has 0 saturated carbocycles. The van der Waals surface area contributed by atoms with Crippen molar-refractivity contribution in [1.29, 1.82) is 0 Å². The number of benzene rings is 1. The van der Waals surface area contributed by atoms with Crippen molar-refractivity contribution in [3.63, 3.8) is 0 Å². The molecule has 11 heteroatoms. The van der Waals surface area contributed by atoms with E-state index in [1.54, 1.807) is 4.57 Å². The van der Waals surface area contributed by atoms with Gasteiger partial charge in [0.25, 0.3) is 11.8 Å². The van der Waals surface area contributed by atoms with E-state index in [9.17, 15) is 28.3 Å². The number of nitrogens with zero attached hydrogens (tertiary/aromatic N) is 2. The van der Waals surface area contributed by atoms with Gasteiger partial charge in [-0.15, -0.1) is 0 Å². The first kappa shape index (κ1) is 21.4. The van der Waals surface area contributed by atoms with Crippen LogP contribution in [0.1, 0.15) is 51.0 Å². The summed E-state index contributed by atoms with van der Waals surface area (Å²) in [6, 6.07) is 1.31. The third-order valence-electron chi connectivity index (χ3n) is 6.42. The van der Waals surface area contributed by atoms with E-state index in [1.165, 1.54) is 12.0 Å². The van der Waals surface area contributed by atoms with Gasteiger partial charge in [-0.25, -0.2) is 8.78 Å². The van der Waals surface area contributed by atoms with E-state index in [2.05, 4.69) is 5.32 Å². The van der Waals surface area contributed by atoms with Crippen molar-refractivity contribution in [2.24, 2.45) is 0 Å². The topological polar surface area (TPSA) is 110 Å². The first-order valence-electron chi connectivity index (χ1n) is 10.6. The molecule has 1 aromatic heterocycles. The number of hydrogen-bond acceptors (Lipinski definition) is 6. The zero-order chi connectivity index (χ0) is 23.4. The lowest BCUT2D eigenvalue weighted by molar-refractivity contribution is -0.109. The van der Waals surface area contributed by atoms with Crippen LogP contribution in [0.2, 0.25) is 0 Å². The number of nitrogens with one attached hydrogen (secondary N) is 1. The van der Waals surface area contributed by atoms with Crippen molar-refractivity contribution < 1.29 is 33.0 Å². The molecule has 0 spiro atoms. The monoisotopic (exact) mass is 461 g/mol. The molecule has 0 aliphatic carbocycles. The van der Waals surface area contributed by atoms with E-state index in [0.29, 0.717) is 44.2 Å². The van der Waals surface area contributed by atoms with Crippen LogP contribution in [0.3, 0.4) is 0 Å². The fraction of sp³-hybridized carbons (Fsp3) is 0.409. The molecule has 2 atom stereocenters. The summed E-state index contributed by atoms with van der Waals surface area (Å²) in [4.78, 5) is 40.5. The third kappa shape index (κ3) is 3.17. The Labute approximate surface area is 186 Å². The second-order valence-electron chi connectivity index (χ2n) is 8.19. The molecule has 9 nitrogen and oxygen atoms in total. The molecule has 1 aromatic carbocycles. The molecule has 33 heavy (non-hydrogen) atoms. The molecule has 1 fully saturated rings. The summed E-state index contributed by atoms with van der Waals surface area (Å²) in [6.07, 6.45) is 0.961. The van der Waals surface area contributed by atoms with E-state index in [4.69, 9.17) is 9.47 Å². The number of amides is 2. The van der Waals surface area contributed by atoms with Gasteiger partial charge in [0, 0.05) is 36.5 Å². The average Bonchev–Trinajstić information content (AvgIpc) is 3.22. The van der Waals surface area contributed by atoms with Gasteiger partial charge in [0.2, 0.25) is 5.43 Å². The SMILES string of the molecule is COc1cc(F)cc(F)c1CNC(=O)c1c2n3c(c(O)c1=O)C(=O)N1CCCOC1C3CC2. The molecule has 2 unspecified atom stereocenters. The van der Waals surface area contributed by atoms with Crippen LogP contribution >= 0.6 is 0 Å². The van der Waals surface area contributed by atoms with Gasteiger partial charge in [0.15, 0.2) is 17.7 Å². The predicted molar refractivity (Wildman–Crippen MR) is 109 cm³/mol. The number of fused-ring (bicyclic) bond motifs is 2. The van der Waals surface area contributed by atoms with Crippen molar-refractivity contribution in [1.82, 2.24) is 14.8 Å². The Kier molecular flexibility index (Phi) is 5.08. The lowest BCUT2D eigenvalue weighted by Crippen LogP contribution is -2.55. The minimum atomic E-state index is -0.967. The maximum absolute atomic E-state index is 14.2. The van der Waals surface area contributed by atoms with Crippen molar-refractivity contribution in [2.45, 2.75) is 38.1 Å². The van der Waals surface area contributed by atoms with E-state index < -0.39 is 40.9 Å². The predicted octanol–water partition coefficient (Wildman–Crippen LogP) is 1.46. The van der Waals surface area contributed by atoms with Gasteiger partial charge in [-0.1, -0.05) is 0 Å². The van der Waals surface area contributed by atoms with Crippen LogP contribution < -0.4 is 15.5 Å². The Morgan fingerprint density at radius 2 is 2.12 bits per heavy atom. The third-order valence-corrected chi connectivity index (χ3v) is 6.42. The van der Waals surface area contributed by atoms with Crippen molar-refractivity contribution in [2.75, 3.05) is 20.3 Å². The molecule has 0 radical (unpaired) electrons. The minimum Gasteiger partial charge on any atom is -0.503 e. The number of rotatable bonds is 4. The maximum atomic E-state index is 14.2. The fourth-order valence-corrected chi connectivity index (χ4v) is 4.98. The van der Waals surface area contributed by atoms with Crippen LogP contribution in [-0.2, 0) is 17.7 Å². The molecular formula is C22H21F2N3O6. The first-order valence-corrected chi connectivity index (χ1v) is 10.6. The zero-order valence-electron chi connectivity index (χ0n) is 17.7. The van der Waals surface area contributed by atoms with Gasteiger partial charge < -0.3 is 29.4 Å². The van der Waals surface area contributed by atoms with Gasteiger partial charge in [0.05, 0.1) is 19.8 Å². The summed E-state index contributed by atoms with van der Waals surface area (Å²) in [5, 5.41) is 13.1. The number of ether oxygens (including phenoxy) is 2. The summed E-state index contributed by atoms with van der Waals surface area (Å²) in [5.74, 6) is -4.00. The summed E-state index contributed by atoms with van der Waals surface area (Å²) in [6.45, 7) is 0.563. The standard InChI is InChI=1S/C22H21F2N3O6/c1-32-15-8-10(23)7-12(24)11(15)9-25-20(30)16-13-3-4-14-22-26(5-2-6-33-22)21(31)17(27(13)14)19(29)18(16)28/h7-8,14,22,29H,2-6,9H2,1H3,(H,25,30). The highest BCUT2D eigenvalue weighted by molar-refractivity contribution is 6.00. The fourth-order valence-electron chi connectivity index (χ4n) is 4.98. The Balaban J connectivity index is 1.53. The Bertz CT molecular complexity index is 1240. The second kappa shape index (κ2) is 7.84. The normalized spacial score (nSPS) is 20.9. The number of hydrogen-bond donors (Lipinski definition) is 2. The van der Waals surface area contributed by atoms with Gasteiger partial charge in [-0.3, -0.25) is 14.4 Å². The molecule has 3 aliphatic heterocycles. The summed E-state index contributed by atoms with van der Waals surface area (Å²) < 4.78 is 40.0. The quantitative estimate of drug-likeness (QED) is 0.714. The molecule has 5 rings (SSSR count). The van der Waals surface area contributed by atoms with E-state index in [1.807, 2.05) is 0 Å². The highest BCUT2D eigenvalue weighted by Gasteiger charge is 2.48. The van der Waals surface area contributed by atoms with E-state index in [0.717, 1.165) is 6.07 Å². The van der Waals surface area contributed by atoms with E-state index in [-0.39, 0.29) is 35.2 Å². The lowest BCUT2D eigenvalue weighted by atomic mass is 10.1. The molecule has 0 bridgehead atoms. The molecule has 2 amide bonds. The molecule has 174 valence electrons. The molecule has 3 aliphatic rings. The molecular weight excluding hydrogens is 440 g/mol. The van der Waals surface area contributed by atoms with Gasteiger partial charge >= 0.3 is 0 Å². The zero-order valence-corrected chi connectivity index (χ0v) is 17.7. The second-order valence-corrected chi connectivity index (χ2v) is 8.19. The van der Waals surface area contributed by atoms with Crippen LogP contribution in [0.4, 0.5) is 8.78 Å². The van der Waals surface area contributed by atoms with E-state index >= 15 is 0 Å². The molecule has 2 aromatic rings. The number of aromatic nitrogens is 1. The van der Waals surface area contributed by atoms with Gasteiger partial charge in [0.1, 0.15) is 22.9 Å². The van der Waals surface area contributed by atoms with Gasteiger partial charge in [-0.05, 0) is 19.3 Å². The number of carbonyl (C=O) groups is 2. The minimum absolute atomic E-state index is 0.0924. The summed E-state index contributed by atoms with van der Waals surface area (Å²) in [7, 11) is 1.24. The number of methoxy groups -OCH3 is 1. The van der Waals surface area contributed by atoms with Gasteiger partial charge in [-0.2, -0.15) is 0 Å². The largest absolute Gasteiger partial charge is 0.503 e. The maximum Gasteiger partial charge on any atom is 0.276 e. The molecule has 2 N–H and O–H groups in total. The Morgan fingerprint density at radius 1 is 1.33 bits per heavy atom. The number of halogens is 2. The molecule has 1 saturated heterocycles. The smallest absolute Gasteiger partial charge is 0.276 e. The van der Waals surface area contributed by atoms with Crippen LogP contribution in [0.25, 0.3) is 0 Å². The Morgan fingerprint density at radius 3 is 2.88 bits per heavy atom. The van der Waals surface area contributed by atoms with Crippen molar-refractivity contribution in [3.05, 3.63) is 56.5 Å². The van der Waals surface area contributed by atoms with Crippen LogP contribution in [0.5, 0.6) is 11.5 Å². The molecule has 4 heterocycles. The summed E-state index contributed by atoms with van der Waals surface area (Å²) >= 11 is 0. The van der Waals surface area contributed by atoms with Crippen molar-refractivity contribution >= 4 is 11.8 Å². The Hall–Kier alpha value is -3.47. The first-order chi connectivity index (χ1) is 15.8. The number of carbonyl (C=O) groups excluding carboxylic acids is 2. The lowest BCUT2D eigenvalue weighted by Gasteiger charge is -2.44.